The van der Waals surface area contributed by atoms with Crippen LogP contribution in [0.4, 0.5) is 17.6 Å². The van der Waals surface area contributed by atoms with Crippen LogP contribution < -0.4 is 4.74 Å². The third kappa shape index (κ3) is 11.1. The van der Waals surface area contributed by atoms with E-state index in [0.29, 0.717) is 31.2 Å². The van der Waals surface area contributed by atoms with Crippen molar-refractivity contribution in [2.75, 3.05) is 26.4 Å². The van der Waals surface area contributed by atoms with Crippen LogP contribution in [0.5, 0.6) is 5.75 Å². The second kappa shape index (κ2) is 14.7. The van der Waals surface area contributed by atoms with Crippen molar-refractivity contribution in [2.45, 2.75) is 64.0 Å². The number of nitrogens with one attached hydrogen (secondary N) is 1. The first-order valence-electron chi connectivity index (χ1n) is 11.6. The van der Waals surface area contributed by atoms with E-state index in [2.05, 4.69) is 0 Å². The molecule has 0 aromatic heterocycles. The van der Waals surface area contributed by atoms with Gasteiger partial charge in [-0.3, -0.25) is 0 Å². The maximum absolute atomic E-state index is 13.6. The molecule has 199 valence electrons. The van der Waals surface area contributed by atoms with Gasteiger partial charge in [0.05, 0.1) is 12.2 Å². The minimum Gasteiger partial charge on any atom is -0.668 e. The Labute approximate surface area is 235 Å². The third-order valence-corrected chi connectivity index (χ3v) is 5.41. The van der Waals surface area contributed by atoms with Gasteiger partial charge in [0, 0.05) is 52.5 Å². The van der Waals surface area contributed by atoms with Crippen LogP contribution >= 0.6 is 0 Å². The van der Waals surface area contributed by atoms with Crippen LogP contribution in [0, 0.1) is 5.82 Å². The van der Waals surface area contributed by atoms with Gasteiger partial charge in [-0.2, -0.15) is 13.2 Å². The zero-order chi connectivity index (χ0) is 26.1. The molecule has 0 spiro atoms. The van der Waals surface area contributed by atoms with Crippen LogP contribution in [0.3, 0.4) is 0 Å². The van der Waals surface area contributed by atoms with Crippen molar-refractivity contribution in [1.29, 1.82) is 0 Å². The zero-order valence-electron chi connectivity index (χ0n) is 21.0. The summed E-state index contributed by atoms with van der Waals surface area (Å²) in [6.07, 6.45) is -2.86. The molecule has 0 unspecified atom stereocenters. The molecule has 5 nitrogen and oxygen atoms in total. The first-order chi connectivity index (χ1) is 16.4. The van der Waals surface area contributed by atoms with E-state index in [0.717, 1.165) is 11.6 Å². The number of rotatable bonds is 8. The number of aryl methyl sites for hydroxylation is 2. The molecule has 1 fully saturated rings. The van der Waals surface area contributed by atoms with Gasteiger partial charge in [0.2, 0.25) is 0 Å². The van der Waals surface area contributed by atoms with Crippen molar-refractivity contribution in [3.05, 3.63) is 70.7 Å². The Kier molecular flexibility index (Phi) is 13.5. The normalized spacial score (nSPS) is 16.4. The summed E-state index contributed by atoms with van der Waals surface area (Å²) in [7, 11) is 0. The molecule has 1 aliphatic heterocycles. The number of hydrogen-bond donors (Lipinski definition) is 1. The van der Waals surface area contributed by atoms with Crippen molar-refractivity contribution in [3.63, 3.8) is 0 Å². The molecule has 1 radical (unpaired) electrons. The summed E-state index contributed by atoms with van der Waals surface area (Å²) in [5.41, 5.74) is 7.99. The van der Waals surface area contributed by atoms with Crippen LogP contribution in [0.1, 0.15) is 50.3 Å². The molecule has 10 heteroatoms. The van der Waals surface area contributed by atoms with Gasteiger partial charge in [-0.1, -0.05) is 30.2 Å². The van der Waals surface area contributed by atoms with Gasteiger partial charge in [0.15, 0.2) is 5.79 Å². The van der Waals surface area contributed by atoms with E-state index in [1.165, 1.54) is 18.2 Å². The number of halogens is 4. The number of aliphatic hydroxyl groups is 1. The molecule has 2 aromatic carbocycles. The average Bonchev–Trinajstić information content (AvgIpc) is 2.79. The molecule has 1 aliphatic rings. The summed E-state index contributed by atoms with van der Waals surface area (Å²) in [6.45, 7) is 5.91. The largest absolute Gasteiger partial charge is 0.668 e. The molecule has 36 heavy (non-hydrogen) atoms. The minimum absolute atomic E-state index is 0. The first kappa shape index (κ1) is 32.9. The number of aliphatic hydroxyl groups excluding tert-OH is 1. The van der Waals surface area contributed by atoms with E-state index < -0.39 is 23.1 Å². The average molecular weight is 589 g/mol. The van der Waals surface area contributed by atoms with Crippen molar-refractivity contribution >= 4 is 0 Å². The molecule has 0 saturated carbocycles. The topological polar surface area (TPSA) is 71.7 Å². The Hall–Kier alpha value is -1.10. The van der Waals surface area contributed by atoms with Crippen molar-refractivity contribution in [2.24, 2.45) is 0 Å². The van der Waals surface area contributed by atoms with Gasteiger partial charge in [-0.15, -0.1) is 0 Å². The van der Waals surface area contributed by atoms with E-state index in [1.807, 2.05) is 0 Å². The van der Waals surface area contributed by atoms with Crippen molar-refractivity contribution in [1.82, 2.24) is 0 Å². The molecule has 1 saturated heterocycles. The van der Waals surface area contributed by atoms with Crippen molar-refractivity contribution in [3.8, 4) is 5.75 Å². The molecular formula is C26H34F4NO4Y-. The van der Waals surface area contributed by atoms with Crippen LogP contribution in [-0.2, 0) is 61.2 Å². The fourth-order valence-corrected chi connectivity index (χ4v) is 3.42. The summed E-state index contributed by atoms with van der Waals surface area (Å²) in [5, 5.41) is 7.57. The van der Waals surface area contributed by atoms with Gasteiger partial charge in [0.25, 0.3) is 0 Å². The number of ether oxygens (including phenoxy) is 3. The van der Waals surface area contributed by atoms with E-state index in [9.17, 15) is 17.6 Å². The monoisotopic (exact) mass is 589 g/mol. The van der Waals surface area contributed by atoms with Gasteiger partial charge in [-0.05, 0) is 75.4 Å². The SMILES string of the molecule is CC1(C)OCC([NH-])(CCc2ccc(OCCCc3ccc(F)cc3)c(C(F)(F)F)c2)CO1.CCO.[Y]. The fourth-order valence-electron chi connectivity index (χ4n) is 3.42. The van der Waals surface area contributed by atoms with E-state index >= 15 is 0 Å². The zero-order valence-corrected chi connectivity index (χ0v) is 23.8. The molecule has 3 rings (SSSR count). The quantitative estimate of drug-likeness (QED) is 0.288. The number of alkyl halides is 3. The van der Waals surface area contributed by atoms with Crippen molar-refractivity contribution < 1.29 is 69.6 Å². The Morgan fingerprint density at radius 2 is 1.56 bits per heavy atom. The van der Waals surface area contributed by atoms with Gasteiger partial charge >= 0.3 is 6.18 Å². The minimum atomic E-state index is -4.55. The Morgan fingerprint density at radius 1 is 1.00 bits per heavy atom. The molecule has 1 heterocycles. The molecule has 0 atom stereocenters. The molecule has 0 amide bonds. The maximum atomic E-state index is 13.6. The van der Waals surface area contributed by atoms with Gasteiger partial charge in [0.1, 0.15) is 11.6 Å². The fraction of sp³-hybridized carbons (Fsp3) is 0.538. The number of hydrogen-bond acceptors (Lipinski definition) is 4. The predicted octanol–water partition coefficient (Wildman–Crippen LogP) is 6.36. The summed E-state index contributed by atoms with van der Waals surface area (Å²) in [4.78, 5) is 0. The Bertz CT molecular complexity index is 913. The maximum Gasteiger partial charge on any atom is 0.419 e. The van der Waals surface area contributed by atoms with Crippen LogP contribution in [0.25, 0.3) is 5.73 Å². The van der Waals surface area contributed by atoms with E-state index in [4.69, 9.17) is 25.1 Å². The second-order valence-corrected chi connectivity index (χ2v) is 8.98. The number of benzene rings is 2. The molecule has 0 aliphatic carbocycles. The molecule has 0 bridgehead atoms. The molecule has 2 N–H and O–H groups in total. The predicted molar refractivity (Wildman–Crippen MR) is 126 cm³/mol. The molecule has 2 aromatic rings. The Balaban J connectivity index is 0.00000154. The third-order valence-electron chi connectivity index (χ3n) is 5.41. The summed E-state index contributed by atoms with van der Waals surface area (Å²) < 4.78 is 70.2. The Morgan fingerprint density at radius 3 is 2.11 bits per heavy atom. The molecular weight excluding hydrogens is 555 g/mol. The smallest absolute Gasteiger partial charge is 0.419 e. The second-order valence-electron chi connectivity index (χ2n) is 8.98. The van der Waals surface area contributed by atoms with Gasteiger partial charge in [-0.25, -0.2) is 4.39 Å². The van der Waals surface area contributed by atoms with Crippen LogP contribution in [0.15, 0.2) is 42.5 Å². The summed E-state index contributed by atoms with van der Waals surface area (Å²) in [6, 6.07) is 10.0. The summed E-state index contributed by atoms with van der Waals surface area (Å²) in [5.74, 6) is -1.29. The van der Waals surface area contributed by atoms with Crippen LogP contribution in [0.2, 0.25) is 0 Å². The standard InChI is InChI=1S/C24H28F4NO3.C2H6O.Y/c1-22(2)31-15-23(29,16-32-22)12-11-18-7-10-21(20(14-18)24(26,27)28)30-13-3-4-17-5-8-19(25)9-6-17;1-2-3;/h5-10,14,29H,3-4,11-13,15-16H2,1-2H3;3H,2H2,1H3;/q-1;;. The summed E-state index contributed by atoms with van der Waals surface area (Å²) >= 11 is 0. The van der Waals surface area contributed by atoms with E-state index in [-0.39, 0.29) is 70.7 Å². The first-order valence-corrected chi connectivity index (χ1v) is 11.6. The van der Waals surface area contributed by atoms with E-state index in [1.54, 1.807) is 39.0 Å². The van der Waals surface area contributed by atoms with Crippen LogP contribution in [-0.4, -0.2) is 42.9 Å². The van der Waals surface area contributed by atoms with Gasteiger partial charge < -0.3 is 25.1 Å².